The van der Waals surface area contributed by atoms with Crippen LogP contribution in [-0.4, -0.2) is 36.7 Å². The van der Waals surface area contributed by atoms with Crippen LogP contribution in [0.2, 0.25) is 0 Å². The first-order valence-electron chi connectivity index (χ1n) is 9.77. The number of benzene rings is 1. The molecule has 1 N–H and O–H groups in total. The molecule has 29 heavy (non-hydrogen) atoms. The van der Waals surface area contributed by atoms with Gasteiger partial charge in [0.15, 0.2) is 5.82 Å². The third-order valence-electron chi connectivity index (χ3n) is 5.41. The van der Waals surface area contributed by atoms with Crippen LogP contribution < -0.4 is 5.32 Å². The van der Waals surface area contributed by atoms with E-state index in [4.69, 9.17) is 0 Å². The smallest absolute Gasteiger partial charge is 0.252 e. The summed E-state index contributed by atoms with van der Waals surface area (Å²) in [7, 11) is 0. The first kappa shape index (κ1) is 17.5. The maximum atomic E-state index is 13.0. The van der Waals surface area contributed by atoms with Crippen LogP contribution >= 0.6 is 0 Å². The Kier molecular flexibility index (Phi) is 4.48. The molecule has 0 aliphatic carbocycles. The summed E-state index contributed by atoms with van der Waals surface area (Å²) in [6.45, 7) is 0.766. The Morgan fingerprint density at radius 3 is 2.76 bits per heavy atom. The third-order valence-corrected chi connectivity index (χ3v) is 5.41. The number of aryl methyl sites for hydroxylation is 1. The van der Waals surface area contributed by atoms with Crippen molar-refractivity contribution in [2.45, 2.75) is 31.8 Å². The predicted molar refractivity (Wildman–Crippen MR) is 109 cm³/mol. The van der Waals surface area contributed by atoms with Gasteiger partial charge in [0.2, 0.25) is 0 Å². The molecule has 5 rings (SSSR count). The van der Waals surface area contributed by atoms with E-state index in [-0.39, 0.29) is 11.9 Å². The lowest BCUT2D eigenvalue weighted by molar-refractivity contribution is 0.0934. The lowest BCUT2D eigenvalue weighted by Crippen LogP contribution is -2.35. The molecule has 7 nitrogen and oxygen atoms in total. The highest BCUT2D eigenvalue weighted by Crippen LogP contribution is 2.23. The zero-order valence-corrected chi connectivity index (χ0v) is 15.8. The number of aromatic nitrogens is 5. The quantitative estimate of drug-likeness (QED) is 0.587. The number of nitrogens with zero attached hydrogens (tertiary/aromatic N) is 5. The molecule has 1 aromatic carbocycles. The van der Waals surface area contributed by atoms with Crippen molar-refractivity contribution >= 4 is 16.8 Å². The van der Waals surface area contributed by atoms with E-state index < -0.39 is 0 Å². The Hall–Kier alpha value is -3.61. The van der Waals surface area contributed by atoms with Crippen LogP contribution in [0.3, 0.4) is 0 Å². The molecule has 4 heterocycles. The number of carbonyl (C=O) groups is 1. The number of para-hydroxylation sites is 1. The van der Waals surface area contributed by atoms with Crippen LogP contribution in [0.5, 0.6) is 0 Å². The van der Waals surface area contributed by atoms with Crippen molar-refractivity contribution in [3.05, 3.63) is 72.4 Å². The average Bonchev–Trinajstić information content (AvgIpc) is 3.08. The van der Waals surface area contributed by atoms with Crippen LogP contribution in [0.4, 0.5) is 0 Å². The van der Waals surface area contributed by atoms with Crippen molar-refractivity contribution in [2.24, 2.45) is 0 Å². The standard InChI is InChI=1S/C22H20N6O/c29-22(18-9-13-24-19-4-2-1-3-17(18)19)25-16-5-6-20-26-27-21(28(20)14-10-16)15-7-11-23-12-8-15/h1-4,7-9,11-13,16H,5-6,10,14H2,(H,25,29). The summed E-state index contributed by atoms with van der Waals surface area (Å²) in [6, 6.07) is 13.5. The Morgan fingerprint density at radius 1 is 1.00 bits per heavy atom. The fourth-order valence-corrected chi connectivity index (χ4v) is 3.90. The maximum absolute atomic E-state index is 13.0. The second-order valence-electron chi connectivity index (χ2n) is 7.20. The van der Waals surface area contributed by atoms with E-state index in [1.54, 1.807) is 24.7 Å². The van der Waals surface area contributed by atoms with Crippen molar-refractivity contribution in [1.29, 1.82) is 0 Å². The summed E-state index contributed by atoms with van der Waals surface area (Å²) in [5, 5.41) is 12.8. The molecule has 4 aromatic rings. The monoisotopic (exact) mass is 384 g/mol. The summed E-state index contributed by atoms with van der Waals surface area (Å²) in [5.74, 6) is 1.76. The Balaban J connectivity index is 1.34. The normalized spacial score (nSPS) is 16.2. The first-order chi connectivity index (χ1) is 14.3. The lowest BCUT2D eigenvalue weighted by Gasteiger charge is -2.17. The van der Waals surface area contributed by atoms with Gasteiger partial charge >= 0.3 is 0 Å². The molecule has 1 amide bonds. The number of fused-ring (bicyclic) bond motifs is 2. The second-order valence-corrected chi connectivity index (χ2v) is 7.20. The highest BCUT2D eigenvalue weighted by Gasteiger charge is 2.23. The van der Waals surface area contributed by atoms with Crippen LogP contribution in [0, 0.1) is 0 Å². The molecular weight excluding hydrogens is 364 g/mol. The predicted octanol–water partition coefficient (Wildman–Crippen LogP) is 3.02. The average molecular weight is 384 g/mol. The third kappa shape index (κ3) is 3.35. The van der Waals surface area contributed by atoms with Gasteiger partial charge in [0.1, 0.15) is 5.82 Å². The van der Waals surface area contributed by atoms with E-state index in [0.717, 1.165) is 53.9 Å². The van der Waals surface area contributed by atoms with Crippen molar-refractivity contribution in [1.82, 2.24) is 30.0 Å². The van der Waals surface area contributed by atoms with Crippen molar-refractivity contribution in [2.75, 3.05) is 0 Å². The highest BCUT2D eigenvalue weighted by atomic mass is 16.1. The summed E-state index contributed by atoms with van der Waals surface area (Å²) in [6.07, 6.45) is 7.65. The van der Waals surface area contributed by atoms with Gasteiger partial charge in [-0.1, -0.05) is 18.2 Å². The molecule has 3 aromatic heterocycles. The van der Waals surface area contributed by atoms with Gasteiger partial charge in [0.25, 0.3) is 5.91 Å². The molecule has 1 aliphatic heterocycles. The number of amides is 1. The molecule has 0 bridgehead atoms. The molecule has 1 aliphatic rings. The van der Waals surface area contributed by atoms with Crippen molar-refractivity contribution in [3.63, 3.8) is 0 Å². The van der Waals surface area contributed by atoms with E-state index in [1.165, 1.54) is 0 Å². The molecule has 1 atom stereocenters. The molecule has 0 saturated carbocycles. The van der Waals surface area contributed by atoms with Gasteiger partial charge < -0.3 is 9.88 Å². The molecular formula is C22H20N6O. The van der Waals surface area contributed by atoms with Gasteiger partial charge in [0.05, 0.1) is 11.1 Å². The van der Waals surface area contributed by atoms with Gasteiger partial charge in [-0.15, -0.1) is 10.2 Å². The number of nitrogens with one attached hydrogen (secondary N) is 1. The molecule has 0 radical (unpaired) electrons. The van der Waals surface area contributed by atoms with Gasteiger partial charge in [-0.2, -0.15) is 0 Å². The van der Waals surface area contributed by atoms with Crippen LogP contribution in [0.15, 0.2) is 61.1 Å². The first-order valence-corrected chi connectivity index (χ1v) is 9.77. The molecule has 7 heteroatoms. The minimum Gasteiger partial charge on any atom is -0.349 e. The van der Waals surface area contributed by atoms with Crippen LogP contribution in [-0.2, 0) is 13.0 Å². The van der Waals surface area contributed by atoms with Crippen molar-refractivity contribution < 1.29 is 4.79 Å². The number of hydrogen-bond acceptors (Lipinski definition) is 5. The maximum Gasteiger partial charge on any atom is 0.252 e. The second kappa shape index (κ2) is 7.43. The van der Waals surface area contributed by atoms with Gasteiger partial charge in [-0.05, 0) is 37.1 Å². The lowest BCUT2D eigenvalue weighted by atomic mass is 10.1. The zero-order valence-electron chi connectivity index (χ0n) is 15.8. The summed E-state index contributed by atoms with van der Waals surface area (Å²) >= 11 is 0. The molecule has 0 saturated heterocycles. The van der Waals surface area contributed by atoms with Gasteiger partial charge in [0, 0.05) is 48.5 Å². The van der Waals surface area contributed by atoms with E-state index in [9.17, 15) is 4.79 Å². The van der Waals surface area contributed by atoms with Crippen molar-refractivity contribution in [3.8, 4) is 11.4 Å². The zero-order chi connectivity index (χ0) is 19.6. The van der Waals surface area contributed by atoms with E-state index in [2.05, 4.69) is 30.0 Å². The Morgan fingerprint density at radius 2 is 1.86 bits per heavy atom. The number of rotatable bonds is 3. The Bertz CT molecular complexity index is 1170. The van der Waals surface area contributed by atoms with Crippen LogP contribution in [0.25, 0.3) is 22.3 Å². The molecule has 0 fully saturated rings. The molecule has 1 unspecified atom stereocenters. The topological polar surface area (TPSA) is 85.6 Å². The fraction of sp³-hybridized carbons (Fsp3) is 0.227. The summed E-state index contributed by atoms with van der Waals surface area (Å²) < 4.78 is 2.16. The SMILES string of the molecule is O=C(NC1CCc2nnc(-c3ccncc3)n2CC1)c1ccnc2ccccc12. The van der Waals surface area contributed by atoms with E-state index in [0.29, 0.717) is 5.56 Å². The molecule has 144 valence electrons. The van der Waals surface area contributed by atoms with Crippen LogP contribution in [0.1, 0.15) is 29.0 Å². The largest absolute Gasteiger partial charge is 0.349 e. The minimum absolute atomic E-state index is 0.0550. The van der Waals surface area contributed by atoms with Gasteiger partial charge in [-0.25, -0.2) is 0 Å². The van der Waals surface area contributed by atoms with E-state index in [1.807, 2.05) is 36.4 Å². The van der Waals surface area contributed by atoms with Gasteiger partial charge in [-0.3, -0.25) is 14.8 Å². The Labute approximate surface area is 167 Å². The number of hydrogen-bond donors (Lipinski definition) is 1. The number of pyridine rings is 2. The minimum atomic E-state index is -0.0550. The summed E-state index contributed by atoms with van der Waals surface area (Å²) in [5.41, 5.74) is 2.50. The van der Waals surface area contributed by atoms with E-state index >= 15 is 0 Å². The summed E-state index contributed by atoms with van der Waals surface area (Å²) in [4.78, 5) is 21.4. The number of carbonyl (C=O) groups excluding carboxylic acids is 1. The fourth-order valence-electron chi connectivity index (χ4n) is 3.90. The highest BCUT2D eigenvalue weighted by molar-refractivity contribution is 6.06. The molecule has 0 spiro atoms.